The van der Waals surface area contributed by atoms with Crippen molar-refractivity contribution >= 4 is 29.2 Å². The van der Waals surface area contributed by atoms with Crippen LogP contribution in [0.3, 0.4) is 0 Å². The van der Waals surface area contributed by atoms with Crippen molar-refractivity contribution in [1.82, 2.24) is 10.6 Å². The summed E-state index contributed by atoms with van der Waals surface area (Å²) >= 11 is 5.89. The summed E-state index contributed by atoms with van der Waals surface area (Å²) in [7, 11) is 0. The molecule has 132 valence electrons. The number of carbonyl (C=O) groups excluding carboxylic acids is 2. The van der Waals surface area contributed by atoms with Gasteiger partial charge in [-0.1, -0.05) is 48.9 Å². The van der Waals surface area contributed by atoms with E-state index in [0.29, 0.717) is 10.7 Å². The van der Waals surface area contributed by atoms with E-state index in [2.05, 4.69) is 16.0 Å². The molecule has 3 N–H and O–H groups in total. The fraction of sp³-hybridized carbons (Fsp3) is 0.263. The number of anilines is 1. The molecule has 6 heteroatoms. The topological polar surface area (TPSA) is 70.2 Å². The van der Waals surface area contributed by atoms with Gasteiger partial charge < -0.3 is 16.0 Å². The molecule has 0 radical (unpaired) electrons. The lowest BCUT2D eigenvalue weighted by Crippen LogP contribution is -2.34. The molecular formula is C19H22ClN3O2. The second kappa shape index (κ2) is 9.69. The lowest BCUT2D eigenvalue weighted by atomic mass is 10.0. The Morgan fingerprint density at radius 3 is 2.36 bits per heavy atom. The maximum absolute atomic E-state index is 12.1. The summed E-state index contributed by atoms with van der Waals surface area (Å²) in [5, 5.41) is 9.01. The van der Waals surface area contributed by atoms with Crippen LogP contribution >= 0.6 is 11.6 Å². The van der Waals surface area contributed by atoms with Gasteiger partial charge in [-0.2, -0.15) is 0 Å². The Morgan fingerprint density at radius 1 is 1.04 bits per heavy atom. The minimum Gasteiger partial charge on any atom is -0.349 e. The molecule has 0 saturated heterocycles. The summed E-state index contributed by atoms with van der Waals surface area (Å²) in [6.45, 7) is 2.27. The first-order valence-electron chi connectivity index (χ1n) is 8.23. The zero-order valence-corrected chi connectivity index (χ0v) is 14.8. The van der Waals surface area contributed by atoms with Gasteiger partial charge in [0.25, 0.3) is 0 Å². The van der Waals surface area contributed by atoms with Gasteiger partial charge in [0.15, 0.2) is 0 Å². The summed E-state index contributed by atoms with van der Waals surface area (Å²) in [5.74, 6) is -0.109. The van der Waals surface area contributed by atoms with Gasteiger partial charge in [0.1, 0.15) is 0 Å². The smallest absolute Gasteiger partial charge is 0.319 e. The molecule has 2 aromatic rings. The molecule has 0 bridgehead atoms. The van der Waals surface area contributed by atoms with Gasteiger partial charge in [-0.3, -0.25) is 4.79 Å². The van der Waals surface area contributed by atoms with Crippen molar-refractivity contribution < 1.29 is 9.59 Å². The lowest BCUT2D eigenvalue weighted by Gasteiger charge is -2.17. The van der Waals surface area contributed by atoms with Crippen LogP contribution in [0.1, 0.15) is 31.4 Å². The van der Waals surface area contributed by atoms with Gasteiger partial charge in [0.2, 0.25) is 5.91 Å². The molecule has 25 heavy (non-hydrogen) atoms. The highest BCUT2D eigenvalue weighted by Crippen LogP contribution is 2.19. The molecule has 0 fully saturated rings. The average molecular weight is 360 g/mol. The number of hydrogen-bond donors (Lipinski definition) is 3. The van der Waals surface area contributed by atoms with Gasteiger partial charge >= 0.3 is 6.03 Å². The minimum atomic E-state index is -0.330. The number of hydrogen-bond acceptors (Lipinski definition) is 2. The first-order valence-corrected chi connectivity index (χ1v) is 8.61. The van der Waals surface area contributed by atoms with Gasteiger partial charge in [-0.15, -0.1) is 0 Å². The first kappa shape index (κ1) is 18.8. The van der Waals surface area contributed by atoms with E-state index in [9.17, 15) is 9.59 Å². The highest BCUT2D eigenvalue weighted by Gasteiger charge is 2.12. The Hall–Kier alpha value is -2.53. The van der Waals surface area contributed by atoms with E-state index in [1.54, 1.807) is 24.3 Å². The molecule has 2 rings (SSSR count). The summed E-state index contributed by atoms with van der Waals surface area (Å²) in [6.07, 6.45) is 0.988. The average Bonchev–Trinajstić information content (AvgIpc) is 2.61. The molecule has 0 spiro atoms. The Bertz CT molecular complexity index is 690. The van der Waals surface area contributed by atoms with E-state index < -0.39 is 0 Å². The predicted octanol–water partition coefficient (Wildman–Crippen LogP) is 4.12. The Morgan fingerprint density at radius 2 is 1.72 bits per heavy atom. The third kappa shape index (κ3) is 6.47. The van der Waals surface area contributed by atoms with E-state index in [0.717, 1.165) is 12.0 Å². The van der Waals surface area contributed by atoms with E-state index in [1.165, 1.54) is 0 Å². The van der Waals surface area contributed by atoms with Crippen LogP contribution in [0.15, 0.2) is 54.6 Å². The molecule has 0 heterocycles. The van der Waals surface area contributed by atoms with Gasteiger partial charge in [-0.25, -0.2) is 4.79 Å². The van der Waals surface area contributed by atoms with Crippen molar-refractivity contribution in [2.24, 2.45) is 0 Å². The molecule has 0 aromatic heterocycles. The summed E-state index contributed by atoms with van der Waals surface area (Å²) in [5.41, 5.74) is 1.72. The Labute approximate surface area is 152 Å². The molecule has 0 saturated carbocycles. The number of halogens is 1. The fourth-order valence-electron chi connectivity index (χ4n) is 2.37. The van der Waals surface area contributed by atoms with Crippen molar-refractivity contribution in [3.05, 3.63) is 65.2 Å². The zero-order valence-electron chi connectivity index (χ0n) is 14.1. The van der Waals surface area contributed by atoms with Gasteiger partial charge in [0.05, 0.1) is 6.04 Å². The standard InChI is InChI=1S/C19H22ClN3O2/c1-2-17(14-8-10-15(20)11-9-14)23-18(24)12-13-21-19(25)22-16-6-4-3-5-7-16/h3-11,17H,2,12-13H2,1H3,(H,23,24)(H2,21,22,25)/t17-/m1/s1. The second-order valence-electron chi connectivity index (χ2n) is 5.58. The van der Waals surface area contributed by atoms with Crippen LogP contribution in [0.5, 0.6) is 0 Å². The van der Waals surface area contributed by atoms with Crippen LogP contribution in [0.4, 0.5) is 10.5 Å². The molecule has 0 aliphatic heterocycles. The quantitative estimate of drug-likeness (QED) is 0.696. The molecule has 1 atom stereocenters. The maximum Gasteiger partial charge on any atom is 0.319 e. The molecule has 0 aliphatic carbocycles. The largest absolute Gasteiger partial charge is 0.349 e. The molecule has 0 unspecified atom stereocenters. The Kier molecular flexibility index (Phi) is 7.29. The van der Waals surface area contributed by atoms with Crippen LogP contribution in [0, 0.1) is 0 Å². The molecule has 0 aliphatic rings. The Balaban J connectivity index is 1.74. The van der Waals surface area contributed by atoms with Crippen molar-refractivity contribution in [2.45, 2.75) is 25.8 Å². The highest BCUT2D eigenvalue weighted by atomic mass is 35.5. The fourth-order valence-corrected chi connectivity index (χ4v) is 2.50. The number of amides is 3. The normalized spacial score (nSPS) is 11.4. The van der Waals surface area contributed by atoms with Crippen LogP contribution < -0.4 is 16.0 Å². The third-order valence-corrected chi connectivity index (χ3v) is 3.94. The molecular weight excluding hydrogens is 338 g/mol. The number of urea groups is 1. The monoisotopic (exact) mass is 359 g/mol. The summed E-state index contributed by atoms with van der Waals surface area (Å²) in [4.78, 5) is 23.8. The van der Waals surface area contributed by atoms with E-state index in [1.807, 2.05) is 37.3 Å². The minimum absolute atomic E-state index is 0.0667. The summed E-state index contributed by atoms with van der Waals surface area (Å²) < 4.78 is 0. The van der Waals surface area contributed by atoms with Crippen molar-refractivity contribution in [2.75, 3.05) is 11.9 Å². The highest BCUT2D eigenvalue weighted by molar-refractivity contribution is 6.30. The zero-order chi connectivity index (χ0) is 18.1. The van der Waals surface area contributed by atoms with Crippen molar-refractivity contribution in [3.63, 3.8) is 0 Å². The number of nitrogens with one attached hydrogen (secondary N) is 3. The van der Waals surface area contributed by atoms with Crippen LogP contribution in [0.2, 0.25) is 5.02 Å². The van der Waals surface area contributed by atoms with Crippen molar-refractivity contribution in [3.8, 4) is 0 Å². The SMILES string of the molecule is CC[C@@H](NC(=O)CCNC(=O)Nc1ccccc1)c1ccc(Cl)cc1. The number of carbonyl (C=O) groups is 2. The van der Waals surface area contributed by atoms with Crippen molar-refractivity contribution in [1.29, 1.82) is 0 Å². The lowest BCUT2D eigenvalue weighted by molar-refractivity contribution is -0.121. The second-order valence-corrected chi connectivity index (χ2v) is 6.01. The molecule has 5 nitrogen and oxygen atoms in total. The van der Waals surface area contributed by atoms with Gasteiger partial charge in [-0.05, 0) is 36.2 Å². The van der Waals surface area contributed by atoms with Crippen LogP contribution in [-0.4, -0.2) is 18.5 Å². The number of para-hydroxylation sites is 1. The molecule has 2 aromatic carbocycles. The van der Waals surface area contributed by atoms with E-state index in [-0.39, 0.29) is 30.9 Å². The maximum atomic E-state index is 12.1. The third-order valence-electron chi connectivity index (χ3n) is 3.69. The van der Waals surface area contributed by atoms with Crippen LogP contribution in [-0.2, 0) is 4.79 Å². The van der Waals surface area contributed by atoms with E-state index in [4.69, 9.17) is 11.6 Å². The van der Waals surface area contributed by atoms with Crippen LogP contribution in [0.25, 0.3) is 0 Å². The predicted molar refractivity (Wildman–Crippen MR) is 101 cm³/mol. The molecule has 3 amide bonds. The summed E-state index contributed by atoms with van der Waals surface area (Å²) in [6, 6.07) is 16.2. The number of benzene rings is 2. The van der Waals surface area contributed by atoms with E-state index >= 15 is 0 Å². The number of rotatable bonds is 7. The van der Waals surface area contributed by atoms with Gasteiger partial charge in [0, 0.05) is 23.7 Å². The first-order chi connectivity index (χ1) is 12.1.